The summed E-state index contributed by atoms with van der Waals surface area (Å²) < 4.78 is 42.3. The van der Waals surface area contributed by atoms with Crippen LogP contribution < -0.4 is 24.8 Å². The highest BCUT2D eigenvalue weighted by Gasteiger charge is 2.25. The number of sulfone groups is 1. The van der Waals surface area contributed by atoms with Gasteiger partial charge in [0.2, 0.25) is 0 Å². The van der Waals surface area contributed by atoms with E-state index in [9.17, 15) is 23.1 Å². The molecule has 49 heavy (non-hydrogen) atoms. The molecule has 254 valence electrons. The van der Waals surface area contributed by atoms with Crippen molar-refractivity contribution in [1.82, 2.24) is 4.98 Å². The molecule has 0 aliphatic heterocycles. The van der Waals surface area contributed by atoms with Gasteiger partial charge in [-0.25, -0.2) is 18.0 Å². The number of hydrogen-bond acceptors (Lipinski definition) is 8. The number of amides is 2. The Bertz CT molecular complexity index is 2180. The lowest BCUT2D eigenvalue weighted by Crippen LogP contribution is -2.22. The van der Waals surface area contributed by atoms with E-state index in [0.29, 0.717) is 40.3 Å². The molecule has 0 unspecified atom stereocenters. The van der Waals surface area contributed by atoms with Gasteiger partial charge in [-0.05, 0) is 59.0 Å². The van der Waals surface area contributed by atoms with Crippen LogP contribution in [-0.2, 0) is 21.7 Å². The Labute approximate surface area is 284 Å². The summed E-state index contributed by atoms with van der Waals surface area (Å²) in [6.07, 6.45) is 3.15. The maximum absolute atomic E-state index is 13.4. The van der Waals surface area contributed by atoms with Crippen LogP contribution in [0.15, 0.2) is 90.0 Å². The SMILES string of the molecule is COc1cc(Cc2cc(Oc3ccc(NC(=O)Nc4cc(C(C)(C)C)cc(S(C)(=O)=O)c4OC)c4ccccc34)ccn2)ccc1C(=O)O. The third-order valence-electron chi connectivity index (χ3n) is 7.80. The van der Waals surface area contributed by atoms with Crippen molar-refractivity contribution in [3.8, 4) is 23.0 Å². The Kier molecular flexibility index (Phi) is 9.81. The molecule has 3 N–H and O–H groups in total. The van der Waals surface area contributed by atoms with Gasteiger partial charge in [0.25, 0.3) is 0 Å². The number of hydrogen-bond donors (Lipinski definition) is 3. The fourth-order valence-corrected chi connectivity index (χ4v) is 6.21. The first-order valence-electron chi connectivity index (χ1n) is 15.2. The van der Waals surface area contributed by atoms with E-state index in [1.807, 2.05) is 45.0 Å². The third kappa shape index (κ3) is 7.92. The fraction of sp³-hybridized carbons (Fsp3) is 0.216. The van der Waals surface area contributed by atoms with E-state index < -0.39 is 27.3 Å². The van der Waals surface area contributed by atoms with Crippen LogP contribution in [0.1, 0.15) is 48.0 Å². The molecular weight excluding hydrogens is 646 g/mol. The standard InChI is InChI=1S/C37H37N3O8S/c1-37(2,3)23-19-30(34(47-5)33(20-23)49(6,44)45)40-36(43)39-29-13-14-31(27-10-8-7-9-26(27)29)48-25-15-16-38-24(21-25)17-22-11-12-28(35(41)42)32(18-22)46-4/h7-16,18-21H,17H2,1-6H3,(H,41,42)(H2,39,40,43). The molecule has 11 nitrogen and oxygen atoms in total. The van der Waals surface area contributed by atoms with Crippen molar-refractivity contribution in [2.45, 2.75) is 37.5 Å². The number of carboxylic acid groups (broad SMARTS) is 1. The minimum absolute atomic E-state index is 0.0141. The number of carbonyl (C=O) groups is 2. The monoisotopic (exact) mass is 683 g/mol. The zero-order valence-electron chi connectivity index (χ0n) is 28.0. The number of ether oxygens (including phenoxy) is 3. The molecule has 0 saturated heterocycles. The summed E-state index contributed by atoms with van der Waals surface area (Å²) in [5.41, 5.74) is 2.64. The van der Waals surface area contributed by atoms with Gasteiger partial charge in [-0.3, -0.25) is 4.98 Å². The molecule has 0 saturated carbocycles. The number of rotatable bonds is 10. The predicted octanol–water partition coefficient (Wildman–Crippen LogP) is 7.68. The van der Waals surface area contributed by atoms with Crippen LogP contribution >= 0.6 is 0 Å². The second-order valence-corrected chi connectivity index (χ2v) is 14.4. The average Bonchev–Trinajstić information content (AvgIpc) is 3.04. The summed E-state index contributed by atoms with van der Waals surface area (Å²) in [4.78, 5) is 29.3. The molecule has 4 aromatic carbocycles. The first-order chi connectivity index (χ1) is 23.2. The highest BCUT2D eigenvalue weighted by atomic mass is 32.2. The zero-order chi connectivity index (χ0) is 35.5. The van der Waals surface area contributed by atoms with E-state index in [2.05, 4.69) is 15.6 Å². The molecule has 0 aliphatic rings. The number of nitrogens with one attached hydrogen (secondary N) is 2. The van der Waals surface area contributed by atoms with Crippen molar-refractivity contribution < 1.29 is 37.3 Å². The number of urea groups is 1. The maximum atomic E-state index is 13.4. The Morgan fingerprint density at radius 1 is 0.837 bits per heavy atom. The minimum atomic E-state index is -3.67. The summed E-state index contributed by atoms with van der Waals surface area (Å²) in [6.45, 7) is 5.85. The van der Waals surface area contributed by atoms with Gasteiger partial charge in [-0.15, -0.1) is 0 Å². The summed E-state index contributed by atoms with van der Waals surface area (Å²) in [7, 11) is -0.886. The van der Waals surface area contributed by atoms with Gasteiger partial charge in [0.05, 0.1) is 25.6 Å². The van der Waals surface area contributed by atoms with Crippen molar-refractivity contribution in [2.24, 2.45) is 0 Å². The number of methoxy groups -OCH3 is 2. The number of aromatic carboxylic acids is 1. The van der Waals surface area contributed by atoms with Crippen molar-refractivity contribution >= 4 is 44.0 Å². The van der Waals surface area contributed by atoms with E-state index in [-0.39, 0.29) is 27.6 Å². The molecule has 0 spiro atoms. The number of fused-ring (bicyclic) bond motifs is 1. The number of anilines is 2. The van der Waals surface area contributed by atoms with Gasteiger partial charge in [0, 0.05) is 41.4 Å². The summed E-state index contributed by atoms with van der Waals surface area (Å²) >= 11 is 0. The molecule has 0 atom stereocenters. The fourth-order valence-electron chi connectivity index (χ4n) is 5.33. The predicted molar refractivity (Wildman–Crippen MR) is 188 cm³/mol. The smallest absolute Gasteiger partial charge is 0.339 e. The quantitative estimate of drug-likeness (QED) is 0.135. The van der Waals surface area contributed by atoms with E-state index in [1.165, 1.54) is 20.3 Å². The largest absolute Gasteiger partial charge is 0.496 e. The summed E-state index contributed by atoms with van der Waals surface area (Å²) in [5.74, 6) is 0.328. The Hall–Kier alpha value is -5.62. The first-order valence-corrected chi connectivity index (χ1v) is 17.1. The van der Waals surface area contributed by atoms with E-state index >= 15 is 0 Å². The van der Waals surface area contributed by atoms with E-state index in [0.717, 1.165) is 17.2 Å². The molecule has 0 radical (unpaired) electrons. The second kappa shape index (κ2) is 13.9. The van der Waals surface area contributed by atoms with Gasteiger partial charge in [0.1, 0.15) is 27.7 Å². The van der Waals surface area contributed by atoms with Crippen molar-refractivity contribution in [3.63, 3.8) is 0 Å². The number of pyridine rings is 1. The van der Waals surface area contributed by atoms with Crippen LogP contribution in [0, 0.1) is 0 Å². The minimum Gasteiger partial charge on any atom is -0.496 e. The van der Waals surface area contributed by atoms with E-state index in [4.69, 9.17) is 14.2 Å². The van der Waals surface area contributed by atoms with Gasteiger partial charge in [-0.2, -0.15) is 0 Å². The number of carboxylic acids is 1. The highest BCUT2D eigenvalue weighted by Crippen LogP contribution is 2.39. The molecular formula is C37H37N3O8S. The average molecular weight is 684 g/mol. The molecule has 5 rings (SSSR count). The summed E-state index contributed by atoms with van der Waals surface area (Å²) in [5, 5.41) is 16.5. The molecule has 1 heterocycles. The number of nitrogens with zero attached hydrogens (tertiary/aromatic N) is 1. The third-order valence-corrected chi connectivity index (χ3v) is 8.90. The van der Waals surface area contributed by atoms with Gasteiger partial charge in [-0.1, -0.05) is 51.1 Å². The molecule has 1 aromatic heterocycles. The molecule has 0 bridgehead atoms. The van der Waals surface area contributed by atoms with Crippen molar-refractivity contribution in [3.05, 3.63) is 107 Å². The van der Waals surface area contributed by atoms with Crippen LogP contribution in [0.5, 0.6) is 23.0 Å². The second-order valence-electron chi connectivity index (χ2n) is 12.4. The normalized spacial score (nSPS) is 11.6. The van der Waals surface area contributed by atoms with Crippen LogP contribution in [0.4, 0.5) is 16.2 Å². The van der Waals surface area contributed by atoms with Crippen LogP contribution in [-0.4, -0.2) is 51.0 Å². The van der Waals surface area contributed by atoms with E-state index in [1.54, 1.807) is 54.7 Å². The van der Waals surface area contributed by atoms with Crippen LogP contribution in [0.25, 0.3) is 10.8 Å². The first kappa shape index (κ1) is 34.7. The van der Waals surface area contributed by atoms with Gasteiger partial charge < -0.3 is 30.0 Å². The summed E-state index contributed by atoms with van der Waals surface area (Å²) in [6, 6.07) is 22.0. The molecule has 0 fully saturated rings. The lowest BCUT2D eigenvalue weighted by Gasteiger charge is -2.23. The lowest BCUT2D eigenvalue weighted by atomic mass is 9.86. The van der Waals surface area contributed by atoms with Crippen molar-refractivity contribution in [2.75, 3.05) is 31.1 Å². The maximum Gasteiger partial charge on any atom is 0.339 e. The molecule has 5 aromatic rings. The Morgan fingerprint density at radius 3 is 2.20 bits per heavy atom. The molecule has 2 amide bonds. The van der Waals surface area contributed by atoms with Crippen LogP contribution in [0.3, 0.4) is 0 Å². The Balaban J connectivity index is 1.39. The van der Waals surface area contributed by atoms with Gasteiger partial charge in [0.15, 0.2) is 15.6 Å². The number of aromatic nitrogens is 1. The highest BCUT2D eigenvalue weighted by molar-refractivity contribution is 7.90. The zero-order valence-corrected chi connectivity index (χ0v) is 28.8. The Morgan fingerprint density at radius 2 is 1.55 bits per heavy atom. The molecule has 0 aliphatic carbocycles. The number of carbonyl (C=O) groups excluding carboxylic acids is 1. The topological polar surface area (TPSA) is 153 Å². The van der Waals surface area contributed by atoms with Gasteiger partial charge >= 0.3 is 12.0 Å². The molecule has 12 heteroatoms. The van der Waals surface area contributed by atoms with Crippen molar-refractivity contribution in [1.29, 1.82) is 0 Å². The number of benzene rings is 4. The van der Waals surface area contributed by atoms with Crippen LogP contribution in [0.2, 0.25) is 0 Å². The lowest BCUT2D eigenvalue weighted by molar-refractivity contribution is 0.0693.